The molecule has 1 fully saturated rings. The minimum absolute atomic E-state index is 0.300. The van der Waals surface area contributed by atoms with Gasteiger partial charge < -0.3 is 9.84 Å². The Bertz CT molecular complexity index is 453. The van der Waals surface area contributed by atoms with E-state index in [4.69, 9.17) is 4.74 Å². The second-order valence-electron chi connectivity index (χ2n) is 5.15. The van der Waals surface area contributed by atoms with Crippen LogP contribution in [0.4, 0.5) is 0 Å². The summed E-state index contributed by atoms with van der Waals surface area (Å²) in [4.78, 5) is 11.5. The molecule has 1 aliphatic rings. The number of ether oxygens (including phenoxy) is 1. The van der Waals surface area contributed by atoms with Crippen LogP contribution in [0, 0.1) is 11.8 Å². The molecular weight excluding hydrogens is 308 g/mol. The summed E-state index contributed by atoms with van der Waals surface area (Å²) < 4.78 is 6.29. The lowest BCUT2D eigenvalue weighted by molar-refractivity contribution is -0.143. The number of halogens is 1. The molecule has 0 aromatic heterocycles. The van der Waals surface area contributed by atoms with E-state index in [1.54, 1.807) is 7.11 Å². The smallest absolute Gasteiger partial charge is 0.307 e. The van der Waals surface area contributed by atoms with E-state index in [0.29, 0.717) is 12.3 Å². The van der Waals surface area contributed by atoms with E-state index < -0.39 is 5.97 Å². The van der Waals surface area contributed by atoms with Gasteiger partial charge in [-0.2, -0.15) is 0 Å². The lowest BCUT2D eigenvalue weighted by Gasteiger charge is -2.20. The van der Waals surface area contributed by atoms with Crippen LogP contribution in [-0.2, 0) is 11.2 Å². The number of hydrogen-bond donors (Lipinski definition) is 1. The Morgan fingerprint density at radius 2 is 2.16 bits per heavy atom. The molecule has 0 spiro atoms. The maximum absolute atomic E-state index is 11.5. The number of carbonyl (C=O) groups is 1. The van der Waals surface area contributed by atoms with Crippen molar-refractivity contribution in [2.75, 3.05) is 7.11 Å². The van der Waals surface area contributed by atoms with E-state index in [1.165, 1.54) is 0 Å². The van der Waals surface area contributed by atoms with Gasteiger partial charge in [-0.25, -0.2) is 0 Å². The van der Waals surface area contributed by atoms with Crippen LogP contribution in [-0.4, -0.2) is 18.2 Å². The van der Waals surface area contributed by atoms with Gasteiger partial charge in [-0.15, -0.1) is 0 Å². The Labute approximate surface area is 122 Å². The maximum Gasteiger partial charge on any atom is 0.307 e. The molecular formula is C15H19BrO3. The lowest BCUT2D eigenvalue weighted by Crippen LogP contribution is -2.24. The van der Waals surface area contributed by atoms with Crippen LogP contribution in [0.15, 0.2) is 22.7 Å². The summed E-state index contributed by atoms with van der Waals surface area (Å²) in [7, 11) is 1.62. The van der Waals surface area contributed by atoms with Crippen molar-refractivity contribution >= 4 is 21.9 Å². The van der Waals surface area contributed by atoms with Gasteiger partial charge in [-0.05, 0) is 48.9 Å². The first-order valence-corrected chi connectivity index (χ1v) is 7.46. The van der Waals surface area contributed by atoms with Gasteiger partial charge in [0.1, 0.15) is 5.75 Å². The normalized spacial score (nSPS) is 17.4. The fraction of sp³-hybridized carbons (Fsp3) is 0.533. The molecule has 2 rings (SSSR count). The molecule has 0 aliphatic heterocycles. The van der Waals surface area contributed by atoms with E-state index in [9.17, 15) is 9.90 Å². The number of carboxylic acids is 1. The van der Waals surface area contributed by atoms with Gasteiger partial charge in [-0.3, -0.25) is 4.79 Å². The monoisotopic (exact) mass is 326 g/mol. The minimum Gasteiger partial charge on any atom is -0.496 e. The van der Waals surface area contributed by atoms with Crippen LogP contribution in [0.2, 0.25) is 0 Å². The molecule has 1 aromatic carbocycles. The van der Waals surface area contributed by atoms with Crippen LogP contribution in [0.1, 0.15) is 31.2 Å². The van der Waals surface area contributed by atoms with E-state index in [1.807, 2.05) is 18.2 Å². The molecule has 1 aromatic rings. The van der Waals surface area contributed by atoms with E-state index in [0.717, 1.165) is 41.5 Å². The van der Waals surface area contributed by atoms with Gasteiger partial charge in [-0.1, -0.05) is 28.8 Å². The van der Waals surface area contributed by atoms with Gasteiger partial charge in [0.25, 0.3) is 0 Å². The number of benzene rings is 1. The van der Waals surface area contributed by atoms with Gasteiger partial charge in [0.15, 0.2) is 0 Å². The summed E-state index contributed by atoms with van der Waals surface area (Å²) in [5, 5.41) is 9.48. The predicted octanol–water partition coefficient (Wildman–Crippen LogP) is 3.89. The summed E-state index contributed by atoms with van der Waals surface area (Å²) in [6, 6.07) is 5.75. The summed E-state index contributed by atoms with van der Waals surface area (Å²) in [5.74, 6) is 0.0910. The zero-order valence-electron chi connectivity index (χ0n) is 11.1. The topological polar surface area (TPSA) is 46.5 Å². The van der Waals surface area contributed by atoms with Crippen molar-refractivity contribution in [2.45, 2.75) is 32.1 Å². The average Bonchev–Trinajstić information content (AvgIpc) is 2.89. The zero-order chi connectivity index (χ0) is 13.8. The molecule has 0 bridgehead atoms. The second-order valence-corrected chi connectivity index (χ2v) is 6.07. The van der Waals surface area contributed by atoms with Crippen molar-refractivity contribution in [1.29, 1.82) is 0 Å². The van der Waals surface area contributed by atoms with E-state index in [2.05, 4.69) is 15.9 Å². The molecule has 19 heavy (non-hydrogen) atoms. The molecule has 0 radical (unpaired) electrons. The highest BCUT2D eigenvalue weighted by Crippen LogP contribution is 2.35. The first kappa shape index (κ1) is 14.4. The van der Waals surface area contributed by atoms with Crippen molar-refractivity contribution in [2.24, 2.45) is 11.8 Å². The van der Waals surface area contributed by atoms with Crippen LogP contribution in [0.25, 0.3) is 0 Å². The highest BCUT2D eigenvalue weighted by atomic mass is 79.9. The largest absolute Gasteiger partial charge is 0.496 e. The molecule has 1 N–H and O–H groups in total. The van der Waals surface area contributed by atoms with E-state index in [-0.39, 0.29) is 5.92 Å². The fourth-order valence-electron chi connectivity index (χ4n) is 2.96. The molecule has 0 amide bonds. The average molecular weight is 327 g/mol. The molecule has 1 atom stereocenters. The van der Waals surface area contributed by atoms with Crippen molar-refractivity contribution in [3.63, 3.8) is 0 Å². The summed E-state index contributed by atoms with van der Waals surface area (Å²) >= 11 is 3.43. The molecule has 4 heteroatoms. The van der Waals surface area contributed by atoms with Crippen molar-refractivity contribution in [3.8, 4) is 5.75 Å². The molecule has 0 heterocycles. The van der Waals surface area contributed by atoms with Crippen molar-refractivity contribution in [1.82, 2.24) is 0 Å². The summed E-state index contributed by atoms with van der Waals surface area (Å²) in [6.07, 6.45) is 4.93. The van der Waals surface area contributed by atoms with Crippen LogP contribution >= 0.6 is 15.9 Å². The van der Waals surface area contributed by atoms with Crippen LogP contribution in [0.5, 0.6) is 5.75 Å². The first-order valence-electron chi connectivity index (χ1n) is 6.67. The number of hydrogen-bond acceptors (Lipinski definition) is 2. The van der Waals surface area contributed by atoms with Gasteiger partial charge in [0, 0.05) is 4.47 Å². The Morgan fingerprint density at radius 1 is 1.47 bits per heavy atom. The Balaban J connectivity index is 2.20. The standard InChI is InChI=1S/C15H19BrO3/c1-19-14-7-6-12(16)8-11(14)9-13(15(17)18)10-4-2-3-5-10/h6-8,10,13H,2-5,9H2,1H3,(H,17,18). The van der Waals surface area contributed by atoms with Gasteiger partial charge in [0.2, 0.25) is 0 Å². The quantitative estimate of drug-likeness (QED) is 0.892. The Hall–Kier alpha value is -1.03. The zero-order valence-corrected chi connectivity index (χ0v) is 12.6. The number of aliphatic carboxylic acids is 1. The SMILES string of the molecule is COc1ccc(Br)cc1CC(C(=O)O)C1CCCC1. The molecule has 3 nitrogen and oxygen atoms in total. The maximum atomic E-state index is 11.5. The highest BCUT2D eigenvalue weighted by molar-refractivity contribution is 9.10. The molecule has 1 unspecified atom stereocenters. The first-order chi connectivity index (χ1) is 9.11. The van der Waals surface area contributed by atoms with Crippen LogP contribution in [0.3, 0.4) is 0 Å². The number of rotatable bonds is 5. The Kier molecular flexibility index (Phi) is 4.86. The van der Waals surface area contributed by atoms with Gasteiger partial charge >= 0.3 is 5.97 Å². The molecule has 1 saturated carbocycles. The fourth-order valence-corrected chi connectivity index (χ4v) is 3.37. The molecule has 0 saturated heterocycles. The summed E-state index contributed by atoms with van der Waals surface area (Å²) in [6.45, 7) is 0. The van der Waals surface area contributed by atoms with Gasteiger partial charge in [0.05, 0.1) is 13.0 Å². The van der Waals surface area contributed by atoms with Crippen LogP contribution < -0.4 is 4.74 Å². The third kappa shape index (κ3) is 3.50. The number of carboxylic acid groups (broad SMARTS) is 1. The van der Waals surface area contributed by atoms with E-state index >= 15 is 0 Å². The van der Waals surface area contributed by atoms with Crippen molar-refractivity contribution < 1.29 is 14.6 Å². The molecule has 104 valence electrons. The highest BCUT2D eigenvalue weighted by Gasteiger charge is 2.31. The minimum atomic E-state index is -0.686. The van der Waals surface area contributed by atoms with Crippen molar-refractivity contribution in [3.05, 3.63) is 28.2 Å². The Morgan fingerprint density at radius 3 is 2.74 bits per heavy atom. The number of methoxy groups -OCH3 is 1. The summed E-state index contributed by atoms with van der Waals surface area (Å²) in [5.41, 5.74) is 0.969. The third-order valence-electron chi connectivity index (χ3n) is 3.97. The lowest BCUT2D eigenvalue weighted by atomic mass is 9.85. The molecule has 1 aliphatic carbocycles. The third-order valence-corrected chi connectivity index (χ3v) is 4.46. The predicted molar refractivity (Wildman–Crippen MR) is 77.5 cm³/mol. The second kappa shape index (κ2) is 6.42.